The van der Waals surface area contributed by atoms with Gasteiger partial charge in [0.15, 0.2) is 0 Å². The lowest BCUT2D eigenvalue weighted by molar-refractivity contribution is 0.00851. The highest BCUT2D eigenvalue weighted by Gasteiger charge is 2.51. The molecule has 1 heterocycles. The molecule has 2 N–H and O–H groups in total. The fourth-order valence-corrected chi connectivity index (χ4v) is 4.14. The number of fused-ring (bicyclic) bond motifs is 1. The van der Waals surface area contributed by atoms with E-state index < -0.39 is 5.66 Å². The van der Waals surface area contributed by atoms with Crippen LogP contribution < -0.4 is 10.9 Å². The molecule has 4 rings (SSSR count). The Morgan fingerprint density at radius 3 is 2.24 bits per heavy atom. The molecule has 1 aliphatic heterocycles. The van der Waals surface area contributed by atoms with Crippen LogP contribution in [0.15, 0.2) is 53.6 Å². The van der Waals surface area contributed by atoms with Gasteiger partial charge in [-0.15, -0.1) is 0 Å². The smallest absolute Gasteiger partial charge is 0.275 e. The second-order valence-electron chi connectivity index (χ2n) is 7.25. The van der Waals surface area contributed by atoms with Crippen molar-refractivity contribution >= 4 is 41.2 Å². The SMILES string of the molecule is O=C(NN[C@]12CCCC[C@H]1C=NN2C(=O)c1ccc(Cl)cc1)c1ccc(Cl)cc1. The van der Waals surface area contributed by atoms with Crippen LogP contribution in [0.3, 0.4) is 0 Å². The second-order valence-corrected chi connectivity index (χ2v) is 8.12. The first-order valence-electron chi connectivity index (χ1n) is 9.47. The van der Waals surface area contributed by atoms with Gasteiger partial charge < -0.3 is 0 Å². The highest BCUT2D eigenvalue weighted by Crippen LogP contribution is 2.40. The van der Waals surface area contributed by atoms with E-state index in [2.05, 4.69) is 16.0 Å². The molecule has 0 spiro atoms. The fraction of sp³-hybridized carbons (Fsp3) is 0.286. The van der Waals surface area contributed by atoms with Crippen LogP contribution in [0.1, 0.15) is 46.4 Å². The molecule has 0 unspecified atom stereocenters. The highest BCUT2D eigenvalue weighted by atomic mass is 35.5. The maximum Gasteiger partial charge on any atom is 0.275 e. The van der Waals surface area contributed by atoms with E-state index in [1.165, 1.54) is 5.01 Å². The number of amides is 2. The molecule has 2 amide bonds. The van der Waals surface area contributed by atoms with Crippen LogP contribution in [0, 0.1) is 5.92 Å². The third-order valence-corrected chi connectivity index (χ3v) is 5.96. The summed E-state index contributed by atoms with van der Waals surface area (Å²) in [4.78, 5) is 25.8. The van der Waals surface area contributed by atoms with Gasteiger partial charge in [-0.25, -0.2) is 10.4 Å². The zero-order chi connectivity index (χ0) is 20.4. The topological polar surface area (TPSA) is 73.8 Å². The molecule has 2 atom stereocenters. The zero-order valence-corrected chi connectivity index (χ0v) is 17.1. The molecule has 0 bridgehead atoms. The summed E-state index contributed by atoms with van der Waals surface area (Å²) < 4.78 is 0. The number of benzene rings is 2. The Labute approximate surface area is 178 Å². The lowest BCUT2D eigenvalue weighted by atomic mass is 9.80. The first-order chi connectivity index (χ1) is 14.0. The summed E-state index contributed by atoms with van der Waals surface area (Å²) in [7, 11) is 0. The van der Waals surface area contributed by atoms with E-state index in [9.17, 15) is 9.59 Å². The molecule has 2 aromatic carbocycles. The minimum Gasteiger partial charge on any atom is -0.285 e. The van der Waals surface area contributed by atoms with E-state index in [-0.39, 0.29) is 17.7 Å². The Morgan fingerprint density at radius 1 is 0.966 bits per heavy atom. The van der Waals surface area contributed by atoms with Crippen molar-refractivity contribution in [3.63, 3.8) is 0 Å². The molecular formula is C21H20Cl2N4O2. The van der Waals surface area contributed by atoms with Gasteiger partial charge in [-0.05, 0) is 67.8 Å². The van der Waals surface area contributed by atoms with Gasteiger partial charge in [0.05, 0.1) is 0 Å². The highest BCUT2D eigenvalue weighted by molar-refractivity contribution is 6.31. The van der Waals surface area contributed by atoms with Gasteiger partial charge in [-0.3, -0.25) is 15.0 Å². The number of hydrazone groups is 1. The molecule has 1 aliphatic carbocycles. The van der Waals surface area contributed by atoms with Gasteiger partial charge in [0.25, 0.3) is 11.8 Å². The van der Waals surface area contributed by atoms with Crippen molar-refractivity contribution in [1.29, 1.82) is 0 Å². The third kappa shape index (κ3) is 3.88. The summed E-state index contributed by atoms with van der Waals surface area (Å²) in [6.45, 7) is 0. The van der Waals surface area contributed by atoms with Gasteiger partial charge in [0.1, 0.15) is 5.66 Å². The van der Waals surface area contributed by atoms with E-state index in [1.807, 2.05) is 0 Å². The maximum atomic E-state index is 13.2. The summed E-state index contributed by atoms with van der Waals surface area (Å²) in [6, 6.07) is 13.3. The number of hydrazine groups is 1. The molecule has 1 fully saturated rings. The summed E-state index contributed by atoms with van der Waals surface area (Å²) in [6.07, 6.45) is 5.34. The molecule has 2 aromatic rings. The van der Waals surface area contributed by atoms with Crippen LogP contribution in [-0.4, -0.2) is 28.7 Å². The average molecular weight is 431 g/mol. The van der Waals surface area contributed by atoms with Crippen LogP contribution in [0.2, 0.25) is 10.0 Å². The minimum absolute atomic E-state index is 0.0121. The number of hydrogen-bond acceptors (Lipinski definition) is 4. The van der Waals surface area contributed by atoms with Crippen molar-refractivity contribution in [1.82, 2.24) is 15.9 Å². The van der Waals surface area contributed by atoms with E-state index in [0.29, 0.717) is 27.6 Å². The molecule has 8 heteroatoms. The second kappa shape index (κ2) is 8.14. The van der Waals surface area contributed by atoms with E-state index in [4.69, 9.17) is 23.2 Å². The van der Waals surface area contributed by atoms with Gasteiger partial charge >= 0.3 is 0 Å². The summed E-state index contributed by atoms with van der Waals surface area (Å²) >= 11 is 11.8. The number of nitrogens with one attached hydrogen (secondary N) is 2. The Kier molecular flexibility index (Phi) is 5.58. The third-order valence-electron chi connectivity index (χ3n) is 5.46. The molecule has 6 nitrogen and oxygen atoms in total. The van der Waals surface area contributed by atoms with Gasteiger partial charge in [0, 0.05) is 33.3 Å². The maximum absolute atomic E-state index is 13.2. The quantitative estimate of drug-likeness (QED) is 0.711. The summed E-state index contributed by atoms with van der Waals surface area (Å²) in [5.41, 5.74) is 6.08. The van der Waals surface area contributed by atoms with E-state index >= 15 is 0 Å². The average Bonchev–Trinajstić information content (AvgIpc) is 3.12. The Balaban J connectivity index is 1.56. The van der Waals surface area contributed by atoms with Crippen molar-refractivity contribution in [2.24, 2.45) is 11.0 Å². The molecule has 150 valence electrons. The number of carbonyl (C=O) groups is 2. The summed E-state index contributed by atoms with van der Waals surface area (Å²) in [5, 5.41) is 6.99. The first kappa shape index (κ1) is 19.9. The van der Waals surface area contributed by atoms with Crippen molar-refractivity contribution in [2.75, 3.05) is 0 Å². The number of halogens is 2. The van der Waals surface area contributed by atoms with Crippen molar-refractivity contribution < 1.29 is 9.59 Å². The Morgan fingerprint density at radius 2 is 1.59 bits per heavy atom. The van der Waals surface area contributed by atoms with Crippen LogP contribution in [0.25, 0.3) is 0 Å². The van der Waals surface area contributed by atoms with Crippen LogP contribution in [-0.2, 0) is 0 Å². The molecule has 1 saturated carbocycles. The summed E-state index contributed by atoms with van der Waals surface area (Å²) in [5.74, 6) is -0.528. The van der Waals surface area contributed by atoms with Gasteiger partial charge in [0.2, 0.25) is 0 Å². The van der Waals surface area contributed by atoms with E-state index in [1.54, 1.807) is 54.7 Å². The Hall–Kier alpha value is -2.41. The monoisotopic (exact) mass is 430 g/mol. The molecule has 0 saturated heterocycles. The van der Waals surface area contributed by atoms with Crippen molar-refractivity contribution in [3.8, 4) is 0 Å². The predicted octanol–water partition coefficient (Wildman–Crippen LogP) is 4.26. The molecule has 0 radical (unpaired) electrons. The molecular weight excluding hydrogens is 411 g/mol. The molecule has 29 heavy (non-hydrogen) atoms. The predicted molar refractivity (Wildman–Crippen MR) is 113 cm³/mol. The molecule has 0 aromatic heterocycles. The van der Waals surface area contributed by atoms with Crippen LogP contribution >= 0.6 is 23.2 Å². The standard InChI is InChI=1S/C21H20Cl2N4O2/c22-17-8-4-14(5-9-17)19(28)25-26-21-12-2-1-3-16(21)13-24-27(21)20(29)15-6-10-18(23)11-7-15/h4-11,13,16,26H,1-3,12H2,(H,25,28)/t16-,21-/m0/s1. The number of rotatable bonds is 4. The minimum atomic E-state index is -0.795. The lowest BCUT2D eigenvalue weighted by Gasteiger charge is -2.43. The van der Waals surface area contributed by atoms with Crippen LogP contribution in [0.4, 0.5) is 0 Å². The van der Waals surface area contributed by atoms with Crippen molar-refractivity contribution in [2.45, 2.75) is 31.3 Å². The van der Waals surface area contributed by atoms with Gasteiger partial charge in [-0.1, -0.05) is 29.6 Å². The van der Waals surface area contributed by atoms with Gasteiger partial charge in [-0.2, -0.15) is 5.10 Å². The van der Waals surface area contributed by atoms with Crippen LogP contribution in [0.5, 0.6) is 0 Å². The largest absolute Gasteiger partial charge is 0.285 e. The zero-order valence-electron chi connectivity index (χ0n) is 15.6. The normalized spacial score (nSPS) is 23.0. The number of carbonyl (C=O) groups excluding carboxylic acids is 2. The first-order valence-corrected chi connectivity index (χ1v) is 10.2. The Bertz CT molecular complexity index is 946. The number of nitrogens with zero attached hydrogens (tertiary/aromatic N) is 2. The fourth-order valence-electron chi connectivity index (χ4n) is 3.89. The lowest BCUT2D eigenvalue weighted by Crippen LogP contribution is -2.66. The van der Waals surface area contributed by atoms with E-state index in [0.717, 1.165) is 19.3 Å². The number of hydrogen-bond donors (Lipinski definition) is 2. The molecule has 2 aliphatic rings. The van der Waals surface area contributed by atoms with Crippen molar-refractivity contribution in [3.05, 3.63) is 69.7 Å².